The number of rotatable bonds is 6. The summed E-state index contributed by atoms with van der Waals surface area (Å²) in [7, 11) is 2.73. The van der Waals surface area contributed by atoms with E-state index in [1.54, 1.807) is 43.5 Å². The number of carbonyl (C=O) groups is 2. The van der Waals surface area contributed by atoms with Crippen molar-refractivity contribution in [1.82, 2.24) is 9.88 Å². The molecule has 1 atom stereocenters. The molecule has 0 aliphatic carbocycles. The van der Waals surface area contributed by atoms with Gasteiger partial charge in [0.25, 0.3) is 11.7 Å². The minimum Gasteiger partial charge on any atom is -0.507 e. The van der Waals surface area contributed by atoms with Crippen LogP contribution < -0.4 is 9.47 Å². The zero-order valence-corrected chi connectivity index (χ0v) is 20.0. The van der Waals surface area contributed by atoms with Crippen LogP contribution in [0.25, 0.3) is 5.76 Å². The third-order valence-electron chi connectivity index (χ3n) is 5.42. The fourth-order valence-electron chi connectivity index (χ4n) is 3.90. The number of likely N-dealkylation sites (tertiary alicyclic amines) is 1. The van der Waals surface area contributed by atoms with E-state index in [1.807, 2.05) is 0 Å². The maximum absolute atomic E-state index is 13.2. The number of hydrogen-bond acceptors (Lipinski definition) is 7. The second-order valence-electron chi connectivity index (χ2n) is 7.48. The first-order valence-corrected chi connectivity index (χ1v) is 10.9. The summed E-state index contributed by atoms with van der Waals surface area (Å²) < 4.78 is 16.4. The Morgan fingerprint density at radius 2 is 1.88 bits per heavy atom. The number of nitrogens with zero attached hydrogens (tertiary/aromatic N) is 2. The Labute approximate surface area is 205 Å². The van der Waals surface area contributed by atoms with Gasteiger partial charge in [-0.05, 0) is 37.3 Å². The molecule has 8 nitrogen and oxygen atoms in total. The number of halogens is 2. The highest BCUT2D eigenvalue weighted by Gasteiger charge is 2.48. The van der Waals surface area contributed by atoms with E-state index in [2.05, 4.69) is 4.98 Å². The van der Waals surface area contributed by atoms with E-state index in [0.29, 0.717) is 17.2 Å². The molecular weight excluding hydrogens is 483 g/mol. The predicted octanol–water partition coefficient (Wildman–Crippen LogP) is 4.93. The molecule has 0 saturated carbocycles. The lowest BCUT2D eigenvalue weighted by atomic mass is 9.98. The molecule has 1 aliphatic heterocycles. The predicted molar refractivity (Wildman–Crippen MR) is 125 cm³/mol. The number of amides is 1. The first-order chi connectivity index (χ1) is 16.3. The third kappa shape index (κ3) is 3.99. The zero-order chi connectivity index (χ0) is 24.6. The van der Waals surface area contributed by atoms with E-state index < -0.39 is 23.5 Å². The summed E-state index contributed by atoms with van der Waals surface area (Å²) in [5.41, 5.74) is 0.402. The summed E-state index contributed by atoms with van der Waals surface area (Å²) in [6, 6.07) is 8.95. The van der Waals surface area contributed by atoms with Crippen LogP contribution in [-0.4, -0.2) is 40.9 Å². The van der Waals surface area contributed by atoms with Gasteiger partial charge in [-0.3, -0.25) is 14.6 Å². The first-order valence-electron chi connectivity index (χ1n) is 10.1. The molecule has 0 spiro atoms. The lowest BCUT2D eigenvalue weighted by Crippen LogP contribution is -2.29. The molecule has 0 bridgehead atoms. The smallest absolute Gasteiger partial charge is 0.296 e. The van der Waals surface area contributed by atoms with Gasteiger partial charge < -0.3 is 23.9 Å². The van der Waals surface area contributed by atoms with Crippen molar-refractivity contribution >= 4 is 40.7 Å². The molecule has 4 rings (SSSR count). The van der Waals surface area contributed by atoms with Crippen LogP contribution in [0.1, 0.15) is 28.8 Å². The number of methoxy groups -OCH3 is 2. The fraction of sp³-hybridized carbons (Fsp3) is 0.208. The summed E-state index contributed by atoms with van der Waals surface area (Å²) in [5.74, 6) is -1.15. The Kier molecular flexibility index (Phi) is 6.54. The number of aliphatic hydroxyl groups is 1. The normalized spacial score (nSPS) is 17.3. The maximum atomic E-state index is 13.2. The van der Waals surface area contributed by atoms with Crippen LogP contribution in [0, 0.1) is 6.92 Å². The number of aliphatic hydroxyl groups excluding tert-OH is 1. The number of ketones is 1. The van der Waals surface area contributed by atoms with Crippen LogP contribution in [0.15, 0.2) is 52.6 Å². The number of aromatic nitrogens is 1. The highest BCUT2D eigenvalue weighted by atomic mass is 35.5. The van der Waals surface area contributed by atoms with Crippen molar-refractivity contribution < 1.29 is 28.6 Å². The third-order valence-corrected chi connectivity index (χ3v) is 6.05. The lowest BCUT2D eigenvalue weighted by Gasteiger charge is -2.23. The first kappa shape index (κ1) is 23.7. The summed E-state index contributed by atoms with van der Waals surface area (Å²) in [6.07, 6.45) is 1.59. The van der Waals surface area contributed by atoms with Crippen LogP contribution in [0.5, 0.6) is 11.5 Å². The average Bonchev–Trinajstić information content (AvgIpc) is 3.35. The Morgan fingerprint density at radius 3 is 2.47 bits per heavy atom. The standard InChI is InChI=1S/C24H20Cl2N2O6/c1-12-7-8-16(34-12)19-17(21(30)24(31)28(19)11-13-6-4-5-9-27-13)20(29)14-10-15(25)23(33-3)18(26)22(14)32-2/h4-10,19,29H,11H2,1-3H3/b20-17+. The quantitative estimate of drug-likeness (QED) is 0.289. The highest BCUT2D eigenvalue weighted by molar-refractivity contribution is 6.46. The number of benzene rings is 1. The highest BCUT2D eigenvalue weighted by Crippen LogP contribution is 2.47. The van der Waals surface area contributed by atoms with Gasteiger partial charge in [0.2, 0.25) is 0 Å². The molecule has 3 heterocycles. The largest absolute Gasteiger partial charge is 0.507 e. The lowest BCUT2D eigenvalue weighted by molar-refractivity contribution is -0.140. The van der Waals surface area contributed by atoms with E-state index in [9.17, 15) is 14.7 Å². The van der Waals surface area contributed by atoms with E-state index in [-0.39, 0.29) is 39.2 Å². The Morgan fingerprint density at radius 1 is 1.15 bits per heavy atom. The molecular formula is C24H20Cl2N2O6. The Balaban J connectivity index is 1.93. The number of hydrogen-bond donors (Lipinski definition) is 1. The van der Waals surface area contributed by atoms with Gasteiger partial charge in [-0.15, -0.1) is 0 Å². The van der Waals surface area contributed by atoms with Crippen LogP contribution in [0.3, 0.4) is 0 Å². The zero-order valence-electron chi connectivity index (χ0n) is 18.5. The summed E-state index contributed by atoms with van der Waals surface area (Å²) >= 11 is 12.7. The molecule has 1 saturated heterocycles. The van der Waals surface area contributed by atoms with Crippen LogP contribution >= 0.6 is 23.2 Å². The fourth-order valence-corrected chi connectivity index (χ4v) is 4.58. The van der Waals surface area contributed by atoms with Crippen molar-refractivity contribution in [3.8, 4) is 11.5 Å². The summed E-state index contributed by atoms with van der Waals surface area (Å²) in [5, 5.41) is 11.4. The summed E-state index contributed by atoms with van der Waals surface area (Å²) in [6.45, 7) is 1.76. The number of aryl methyl sites for hydroxylation is 1. The van der Waals surface area contributed by atoms with Crippen molar-refractivity contribution in [2.24, 2.45) is 0 Å². The van der Waals surface area contributed by atoms with E-state index >= 15 is 0 Å². The van der Waals surface area contributed by atoms with Crippen molar-refractivity contribution in [3.63, 3.8) is 0 Å². The minimum atomic E-state index is -1.01. The summed E-state index contributed by atoms with van der Waals surface area (Å²) in [4.78, 5) is 31.8. The molecule has 2 aromatic heterocycles. The Hall–Kier alpha value is -3.49. The van der Waals surface area contributed by atoms with E-state index in [1.165, 1.54) is 25.2 Å². The second kappa shape index (κ2) is 9.40. The van der Waals surface area contributed by atoms with Gasteiger partial charge in [-0.1, -0.05) is 29.3 Å². The van der Waals surface area contributed by atoms with E-state index in [0.717, 1.165) is 0 Å². The molecule has 10 heteroatoms. The average molecular weight is 503 g/mol. The van der Waals surface area contributed by atoms with Crippen molar-refractivity contribution in [3.05, 3.63) is 81.0 Å². The van der Waals surface area contributed by atoms with E-state index in [4.69, 9.17) is 37.1 Å². The Bertz CT molecular complexity index is 1300. The van der Waals surface area contributed by atoms with Gasteiger partial charge in [0.15, 0.2) is 11.5 Å². The number of ether oxygens (including phenoxy) is 2. The molecule has 3 aromatic rings. The monoisotopic (exact) mass is 502 g/mol. The van der Waals surface area contributed by atoms with Crippen molar-refractivity contribution in [2.45, 2.75) is 19.5 Å². The number of pyridine rings is 1. The van der Waals surface area contributed by atoms with Gasteiger partial charge in [-0.25, -0.2) is 0 Å². The molecule has 1 fully saturated rings. The molecule has 0 radical (unpaired) electrons. The second-order valence-corrected chi connectivity index (χ2v) is 8.27. The molecule has 1 aromatic carbocycles. The molecule has 1 amide bonds. The van der Waals surface area contributed by atoms with Gasteiger partial charge >= 0.3 is 0 Å². The van der Waals surface area contributed by atoms with Gasteiger partial charge in [0.05, 0.1) is 42.6 Å². The van der Waals surface area contributed by atoms with Crippen LogP contribution in [-0.2, 0) is 16.1 Å². The SMILES string of the molecule is COc1c(Cl)cc(/C(O)=C2\C(=O)C(=O)N(Cc3ccccn3)C2c2ccc(C)o2)c(OC)c1Cl. The number of carbonyl (C=O) groups excluding carboxylic acids is 2. The van der Waals surface area contributed by atoms with Crippen molar-refractivity contribution in [2.75, 3.05) is 14.2 Å². The van der Waals surface area contributed by atoms with Gasteiger partial charge in [-0.2, -0.15) is 0 Å². The molecule has 176 valence electrons. The van der Waals surface area contributed by atoms with Crippen LogP contribution in [0.2, 0.25) is 10.0 Å². The molecule has 34 heavy (non-hydrogen) atoms. The van der Waals surface area contributed by atoms with Crippen LogP contribution in [0.4, 0.5) is 0 Å². The number of Topliss-reactive ketones (excluding diaryl/α,β-unsaturated/α-hetero) is 1. The van der Waals surface area contributed by atoms with Crippen molar-refractivity contribution in [1.29, 1.82) is 0 Å². The molecule has 1 N–H and O–H groups in total. The number of furan rings is 1. The maximum Gasteiger partial charge on any atom is 0.296 e. The topological polar surface area (TPSA) is 102 Å². The minimum absolute atomic E-state index is 0.00663. The molecule has 1 aliphatic rings. The van der Waals surface area contributed by atoms with Gasteiger partial charge in [0.1, 0.15) is 28.3 Å². The van der Waals surface area contributed by atoms with Gasteiger partial charge in [0, 0.05) is 6.20 Å². The molecule has 1 unspecified atom stereocenters.